The molecule has 0 saturated carbocycles. The first-order valence-electron chi connectivity index (χ1n) is 10.9. The number of thiophene rings is 1. The maximum atomic E-state index is 12.6. The van der Waals surface area contributed by atoms with E-state index < -0.39 is 0 Å². The topological polar surface area (TPSA) is 123 Å². The van der Waals surface area contributed by atoms with Gasteiger partial charge in [0, 0.05) is 18.8 Å². The van der Waals surface area contributed by atoms with Crippen molar-refractivity contribution in [2.75, 3.05) is 24.1 Å². The van der Waals surface area contributed by atoms with Crippen molar-refractivity contribution in [1.82, 2.24) is 19.9 Å². The van der Waals surface area contributed by atoms with Gasteiger partial charge in [-0.05, 0) is 42.3 Å². The van der Waals surface area contributed by atoms with E-state index in [1.165, 1.54) is 11.3 Å². The Morgan fingerprint density at radius 1 is 1.15 bits per heavy atom. The second kappa shape index (κ2) is 10.4. The molecule has 172 valence electrons. The summed E-state index contributed by atoms with van der Waals surface area (Å²) < 4.78 is 5.46. The number of para-hydroxylation sites is 1. The smallest absolute Gasteiger partial charge is 0.309 e. The lowest BCUT2D eigenvalue weighted by molar-refractivity contribution is -0.151. The third-order valence-electron chi connectivity index (χ3n) is 5.53. The fourth-order valence-corrected chi connectivity index (χ4v) is 4.45. The number of nitrogens with one attached hydrogen (secondary N) is 1. The predicted octanol–water partition coefficient (Wildman–Crippen LogP) is 3.42. The van der Waals surface area contributed by atoms with E-state index in [4.69, 9.17) is 10.5 Å². The molecule has 33 heavy (non-hydrogen) atoms. The van der Waals surface area contributed by atoms with Gasteiger partial charge in [0.1, 0.15) is 0 Å². The second-order valence-electron chi connectivity index (χ2n) is 7.72. The van der Waals surface area contributed by atoms with Crippen LogP contribution in [0.5, 0.6) is 0 Å². The number of benzene rings is 1. The highest BCUT2D eigenvalue weighted by atomic mass is 32.1. The summed E-state index contributed by atoms with van der Waals surface area (Å²) >= 11 is 1.42. The zero-order chi connectivity index (χ0) is 23.2. The van der Waals surface area contributed by atoms with Crippen LogP contribution in [0, 0.1) is 5.92 Å². The molecule has 9 nitrogen and oxygen atoms in total. The van der Waals surface area contributed by atoms with Gasteiger partial charge in [0.15, 0.2) is 12.4 Å². The molecule has 0 spiro atoms. The van der Waals surface area contributed by atoms with Crippen molar-refractivity contribution in [3.63, 3.8) is 0 Å². The summed E-state index contributed by atoms with van der Waals surface area (Å²) in [6, 6.07) is 11.5. The van der Waals surface area contributed by atoms with E-state index >= 15 is 0 Å². The van der Waals surface area contributed by atoms with Crippen LogP contribution in [0.3, 0.4) is 0 Å². The highest BCUT2D eigenvalue weighted by Gasteiger charge is 2.29. The van der Waals surface area contributed by atoms with Crippen molar-refractivity contribution in [2.24, 2.45) is 5.92 Å². The lowest BCUT2D eigenvalue weighted by Gasteiger charge is -2.30. The van der Waals surface area contributed by atoms with E-state index in [0.717, 1.165) is 22.5 Å². The Kier molecular flexibility index (Phi) is 7.13. The number of anilines is 3. The summed E-state index contributed by atoms with van der Waals surface area (Å²) in [4.78, 5) is 40.1. The molecule has 1 aromatic carbocycles. The molecule has 3 N–H and O–H groups in total. The minimum Gasteiger partial charge on any atom is -0.457 e. The summed E-state index contributed by atoms with van der Waals surface area (Å²) in [7, 11) is 0. The maximum absolute atomic E-state index is 12.6. The molecule has 4 rings (SSSR count). The van der Waals surface area contributed by atoms with E-state index in [9.17, 15) is 9.59 Å². The number of nitrogens with zero attached hydrogens (tertiary/aromatic N) is 4. The van der Waals surface area contributed by atoms with Gasteiger partial charge in [0.25, 0.3) is 5.91 Å². The Hall–Kier alpha value is -3.53. The van der Waals surface area contributed by atoms with Gasteiger partial charge in [-0.3, -0.25) is 9.59 Å². The van der Waals surface area contributed by atoms with Crippen LogP contribution >= 0.6 is 11.3 Å². The van der Waals surface area contributed by atoms with Crippen molar-refractivity contribution < 1.29 is 14.3 Å². The third-order valence-corrected chi connectivity index (χ3v) is 6.39. The fourth-order valence-electron chi connectivity index (χ4n) is 3.76. The van der Waals surface area contributed by atoms with E-state index in [1.54, 1.807) is 4.90 Å². The van der Waals surface area contributed by atoms with Gasteiger partial charge < -0.3 is 20.7 Å². The van der Waals surface area contributed by atoms with Gasteiger partial charge in [-0.25, -0.2) is 0 Å². The number of hydrogen-bond donors (Lipinski definition) is 2. The molecule has 10 heteroatoms. The number of likely N-dealkylation sites (tertiary alicyclic amines) is 1. The van der Waals surface area contributed by atoms with E-state index in [1.807, 2.05) is 41.8 Å². The van der Waals surface area contributed by atoms with Crippen molar-refractivity contribution in [2.45, 2.75) is 32.8 Å². The van der Waals surface area contributed by atoms with Gasteiger partial charge in [0.05, 0.1) is 10.8 Å². The quantitative estimate of drug-likeness (QED) is 0.508. The molecular weight excluding hydrogens is 440 g/mol. The lowest BCUT2D eigenvalue weighted by Crippen LogP contribution is -2.40. The molecule has 1 aliphatic rings. The molecule has 1 aliphatic heterocycles. The molecule has 0 unspecified atom stereocenters. The van der Waals surface area contributed by atoms with Crippen LogP contribution in [-0.4, -0.2) is 44.8 Å². The number of aryl methyl sites for hydroxylation is 1. The molecule has 3 aromatic rings. The predicted molar refractivity (Wildman–Crippen MR) is 126 cm³/mol. The molecular formula is C23H26N6O3S. The number of piperidine rings is 1. The molecule has 2 aromatic heterocycles. The summed E-state index contributed by atoms with van der Waals surface area (Å²) in [6.45, 7) is 3.03. The number of carbonyl (C=O) groups is 2. The summed E-state index contributed by atoms with van der Waals surface area (Å²) in [6.07, 6.45) is 1.98. The number of carbonyl (C=O) groups excluding carboxylic acids is 2. The van der Waals surface area contributed by atoms with Crippen LogP contribution < -0.4 is 11.1 Å². The van der Waals surface area contributed by atoms with Gasteiger partial charge >= 0.3 is 5.97 Å². The minimum absolute atomic E-state index is 0.0159. The first kappa shape index (κ1) is 22.7. The Balaban J connectivity index is 1.32. The monoisotopic (exact) mass is 466 g/mol. The molecule has 0 radical (unpaired) electrons. The van der Waals surface area contributed by atoms with E-state index in [0.29, 0.717) is 31.9 Å². The number of ether oxygens (including phenoxy) is 1. The fraction of sp³-hybridized carbons (Fsp3) is 0.348. The van der Waals surface area contributed by atoms with Gasteiger partial charge in [-0.1, -0.05) is 31.2 Å². The Labute approximate surface area is 196 Å². The average Bonchev–Trinajstić information content (AvgIpc) is 3.37. The van der Waals surface area contributed by atoms with Crippen LogP contribution in [0.4, 0.5) is 17.6 Å². The van der Waals surface area contributed by atoms with Crippen molar-refractivity contribution in [3.8, 4) is 0 Å². The van der Waals surface area contributed by atoms with Gasteiger partial charge in [-0.15, -0.1) is 11.3 Å². The van der Waals surface area contributed by atoms with Crippen molar-refractivity contribution in [3.05, 3.63) is 58.0 Å². The SMILES string of the molecule is CCc1ccccc1Nc1nc(N)nc(COC(=O)C2CCN(C(=O)c3cccs3)CC2)n1. The van der Waals surface area contributed by atoms with E-state index in [-0.39, 0.29) is 36.2 Å². The zero-order valence-corrected chi connectivity index (χ0v) is 19.2. The van der Waals surface area contributed by atoms with Gasteiger partial charge in [0.2, 0.25) is 11.9 Å². The molecule has 3 heterocycles. The maximum Gasteiger partial charge on any atom is 0.309 e. The first-order valence-corrected chi connectivity index (χ1v) is 11.8. The third kappa shape index (κ3) is 5.64. The van der Waals surface area contributed by atoms with Crippen LogP contribution in [0.25, 0.3) is 0 Å². The first-order chi connectivity index (χ1) is 16.0. The number of nitrogens with two attached hydrogens (primary N) is 1. The molecule has 1 amide bonds. The molecule has 0 atom stereocenters. The number of aromatic nitrogens is 3. The summed E-state index contributed by atoms with van der Waals surface area (Å²) in [5, 5.41) is 5.05. The summed E-state index contributed by atoms with van der Waals surface area (Å²) in [5.74, 6) is 0.0659. The average molecular weight is 467 g/mol. The normalized spacial score (nSPS) is 14.2. The second-order valence-corrected chi connectivity index (χ2v) is 8.67. The highest BCUT2D eigenvalue weighted by Crippen LogP contribution is 2.23. The van der Waals surface area contributed by atoms with Crippen LogP contribution in [0.1, 0.15) is 40.8 Å². The largest absolute Gasteiger partial charge is 0.457 e. The Morgan fingerprint density at radius 2 is 1.94 bits per heavy atom. The van der Waals surface area contributed by atoms with Crippen LogP contribution in [-0.2, 0) is 22.6 Å². The van der Waals surface area contributed by atoms with Crippen LogP contribution in [0.15, 0.2) is 41.8 Å². The number of rotatable bonds is 7. The number of hydrogen-bond acceptors (Lipinski definition) is 9. The number of esters is 1. The van der Waals surface area contributed by atoms with Crippen molar-refractivity contribution in [1.29, 1.82) is 0 Å². The van der Waals surface area contributed by atoms with E-state index in [2.05, 4.69) is 27.2 Å². The Morgan fingerprint density at radius 3 is 2.67 bits per heavy atom. The number of nitrogen functional groups attached to an aromatic ring is 1. The van der Waals surface area contributed by atoms with Crippen LogP contribution in [0.2, 0.25) is 0 Å². The Bertz CT molecular complexity index is 1110. The highest BCUT2D eigenvalue weighted by molar-refractivity contribution is 7.12. The molecule has 0 aliphatic carbocycles. The molecule has 1 saturated heterocycles. The minimum atomic E-state index is -0.317. The van der Waals surface area contributed by atoms with Gasteiger partial charge in [-0.2, -0.15) is 15.0 Å². The molecule has 1 fully saturated rings. The zero-order valence-electron chi connectivity index (χ0n) is 18.4. The lowest BCUT2D eigenvalue weighted by atomic mass is 9.97. The summed E-state index contributed by atoms with van der Waals surface area (Å²) in [5.41, 5.74) is 7.84. The number of amides is 1. The van der Waals surface area contributed by atoms with Crippen molar-refractivity contribution >= 4 is 40.8 Å². The molecule has 0 bridgehead atoms. The standard InChI is InChI=1S/C23H26N6O3S/c1-2-15-6-3-4-7-17(15)25-23-27-19(26-22(24)28-23)14-32-21(31)16-9-11-29(12-10-16)20(30)18-8-5-13-33-18/h3-8,13,16H,2,9-12,14H2,1H3,(H3,24,25,26,27,28).